The van der Waals surface area contributed by atoms with Crippen LogP contribution in [-0.4, -0.2) is 4.57 Å². The zero-order valence-corrected chi connectivity index (χ0v) is 14.8. The van der Waals surface area contributed by atoms with Crippen LogP contribution in [0.4, 0.5) is 10.1 Å². The third-order valence-corrected chi connectivity index (χ3v) is 5.28. The SMILES string of the molecule is Nc1ccc(-c2ccc3c(c2)c2ccccc2n3C2=CC=C(F)CC2)cc1. The highest BCUT2D eigenvalue weighted by atomic mass is 19.1. The van der Waals surface area contributed by atoms with Crippen molar-refractivity contribution in [2.75, 3.05) is 5.73 Å². The zero-order valence-electron chi connectivity index (χ0n) is 14.8. The molecule has 132 valence electrons. The summed E-state index contributed by atoms with van der Waals surface area (Å²) in [5, 5.41) is 2.41. The van der Waals surface area contributed by atoms with Crippen LogP contribution >= 0.6 is 0 Å². The minimum atomic E-state index is -0.0508. The summed E-state index contributed by atoms with van der Waals surface area (Å²) < 4.78 is 15.8. The van der Waals surface area contributed by atoms with Crippen LogP contribution in [0.1, 0.15) is 12.8 Å². The molecule has 0 atom stereocenters. The molecule has 2 N–H and O–H groups in total. The van der Waals surface area contributed by atoms with Crippen molar-refractivity contribution < 1.29 is 4.39 Å². The van der Waals surface area contributed by atoms with Gasteiger partial charge < -0.3 is 10.3 Å². The van der Waals surface area contributed by atoms with Crippen LogP contribution in [0, 0.1) is 0 Å². The van der Waals surface area contributed by atoms with Gasteiger partial charge in [-0.25, -0.2) is 4.39 Å². The van der Waals surface area contributed by atoms with E-state index in [1.165, 1.54) is 10.8 Å². The van der Waals surface area contributed by atoms with Crippen LogP contribution in [0.3, 0.4) is 0 Å². The molecular formula is C24H19FN2. The molecule has 4 aromatic rings. The summed E-state index contributed by atoms with van der Waals surface area (Å²) in [6.07, 6.45) is 4.65. The van der Waals surface area contributed by atoms with Crippen molar-refractivity contribution in [1.29, 1.82) is 0 Å². The lowest BCUT2D eigenvalue weighted by atomic mass is 10.0. The minimum Gasteiger partial charge on any atom is -0.399 e. The fourth-order valence-corrected chi connectivity index (χ4v) is 3.92. The number of hydrogen-bond acceptors (Lipinski definition) is 1. The smallest absolute Gasteiger partial charge is 0.100 e. The summed E-state index contributed by atoms with van der Waals surface area (Å²) in [5.41, 5.74) is 12.3. The Kier molecular flexibility index (Phi) is 3.61. The second-order valence-corrected chi connectivity index (χ2v) is 6.98. The molecule has 0 saturated heterocycles. The average molecular weight is 354 g/mol. The Morgan fingerprint density at radius 1 is 0.741 bits per heavy atom. The number of benzene rings is 3. The van der Waals surface area contributed by atoms with Gasteiger partial charge in [-0.2, -0.15) is 0 Å². The maximum absolute atomic E-state index is 13.5. The Balaban J connectivity index is 1.77. The van der Waals surface area contributed by atoms with E-state index in [0.29, 0.717) is 12.8 Å². The fraction of sp³-hybridized carbons (Fsp3) is 0.0833. The van der Waals surface area contributed by atoms with Gasteiger partial charge in [0.25, 0.3) is 0 Å². The van der Waals surface area contributed by atoms with E-state index >= 15 is 0 Å². The van der Waals surface area contributed by atoms with Gasteiger partial charge in [0, 0.05) is 28.6 Å². The second-order valence-electron chi connectivity index (χ2n) is 6.98. The minimum absolute atomic E-state index is 0.0508. The van der Waals surface area contributed by atoms with Gasteiger partial charge >= 0.3 is 0 Å². The van der Waals surface area contributed by atoms with Crippen molar-refractivity contribution in [3.8, 4) is 11.1 Å². The predicted octanol–water partition coefficient (Wildman–Crippen LogP) is 6.53. The third-order valence-electron chi connectivity index (χ3n) is 5.28. The number of halogens is 1. The Morgan fingerprint density at radius 3 is 2.26 bits per heavy atom. The summed E-state index contributed by atoms with van der Waals surface area (Å²) >= 11 is 0. The molecule has 3 aromatic carbocycles. The highest BCUT2D eigenvalue weighted by molar-refractivity contribution is 6.11. The maximum Gasteiger partial charge on any atom is 0.100 e. The second kappa shape index (κ2) is 6.13. The number of allylic oxidation sites excluding steroid dienone is 4. The Hall–Kier alpha value is -3.33. The fourth-order valence-electron chi connectivity index (χ4n) is 3.92. The number of fused-ring (bicyclic) bond motifs is 3. The van der Waals surface area contributed by atoms with E-state index in [1.54, 1.807) is 6.08 Å². The van der Waals surface area contributed by atoms with Crippen molar-refractivity contribution >= 4 is 33.2 Å². The first kappa shape index (κ1) is 15.9. The van der Waals surface area contributed by atoms with Crippen LogP contribution < -0.4 is 5.73 Å². The van der Waals surface area contributed by atoms with E-state index in [0.717, 1.165) is 33.5 Å². The predicted molar refractivity (Wildman–Crippen MR) is 112 cm³/mol. The van der Waals surface area contributed by atoms with E-state index in [4.69, 9.17) is 5.73 Å². The maximum atomic E-state index is 13.5. The molecule has 3 heteroatoms. The van der Waals surface area contributed by atoms with Crippen molar-refractivity contribution in [3.05, 3.63) is 84.7 Å². The highest BCUT2D eigenvalue weighted by Gasteiger charge is 2.16. The van der Waals surface area contributed by atoms with E-state index < -0.39 is 0 Å². The highest BCUT2D eigenvalue weighted by Crippen LogP contribution is 2.36. The average Bonchev–Trinajstić information content (AvgIpc) is 3.03. The number of nitrogen functional groups attached to an aromatic ring is 1. The van der Waals surface area contributed by atoms with Gasteiger partial charge in [-0.3, -0.25) is 0 Å². The molecule has 1 aliphatic carbocycles. The summed E-state index contributed by atoms with van der Waals surface area (Å²) in [5.74, 6) is -0.0508. The molecule has 0 saturated carbocycles. The number of para-hydroxylation sites is 1. The van der Waals surface area contributed by atoms with Gasteiger partial charge in [-0.1, -0.05) is 36.4 Å². The summed E-state index contributed by atoms with van der Waals surface area (Å²) in [6.45, 7) is 0. The number of nitrogens with zero attached hydrogens (tertiary/aromatic N) is 1. The van der Waals surface area contributed by atoms with Crippen LogP contribution in [0.15, 0.2) is 84.7 Å². The monoisotopic (exact) mass is 354 g/mol. The van der Waals surface area contributed by atoms with E-state index in [9.17, 15) is 4.39 Å². The van der Waals surface area contributed by atoms with Gasteiger partial charge in [-0.05, 0) is 60.0 Å². The van der Waals surface area contributed by atoms with Crippen molar-refractivity contribution in [1.82, 2.24) is 4.57 Å². The lowest BCUT2D eigenvalue weighted by Gasteiger charge is -2.15. The van der Waals surface area contributed by atoms with Crippen molar-refractivity contribution in [2.24, 2.45) is 0 Å². The van der Waals surface area contributed by atoms with Crippen LogP contribution in [0.5, 0.6) is 0 Å². The van der Waals surface area contributed by atoms with Gasteiger partial charge in [0.05, 0.1) is 11.0 Å². The topological polar surface area (TPSA) is 30.9 Å². The molecule has 1 heterocycles. The molecule has 0 bridgehead atoms. The first-order chi connectivity index (χ1) is 13.2. The molecule has 2 nitrogen and oxygen atoms in total. The molecule has 27 heavy (non-hydrogen) atoms. The quantitative estimate of drug-likeness (QED) is 0.408. The van der Waals surface area contributed by atoms with E-state index in [2.05, 4.69) is 47.0 Å². The number of aromatic nitrogens is 1. The Labute approximate surface area is 157 Å². The van der Waals surface area contributed by atoms with Crippen LogP contribution in [-0.2, 0) is 0 Å². The normalized spacial score (nSPS) is 14.4. The number of hydrogen-bond donors (Lipinski definition) is 1. The van der Waals surface area contributed by atoms with E-state index in [-0.39, 0.29) is 5.83 Å². The molecule has 0 fully saturated rings. The van der Waals surface area contributed by atoms with E-state index in [1.807, 2.05) is 30.3 Å². The number of rotatable bonds is 2. The van der Waals surface area contributed by atoms with Crippen molar-refractivity contribution in [2.45, 2.75) is 12.8 Å². The van der Waals surface area contributed by atoms with Gasteiger partial charge in [0.1, 0.15) is 5.83 Å². The van der Waals surface area contributed by atoms with Gasteiger partial charge in [-0.15, -0.1) is 0 Å². The first-order valence-corrected chi connectivity index (χ1v) is 9.15. The molecule has 0 radical (unpaired) electrons. The Bertz CT molecular complexity index is 1230. The zero-order chi connectivity index (χ0) is 18.4. The molecule has 0 unspecified atom stereocenters. The Morgan fingerprint density at radius 2 is 1.48 bits per heavy atom. The van der Waals surface area contributed by atoms with Crippen molar-refractivity contribution in [3.63, 3.8) is 0 Å². The summed E-state index contributed by atoms with van der Waals surface area (Å²) in [4.78, 5) is 0. The first-order valence-electron chi connectivity index (χ1n) is 9.15. The molecular weight excluding hydrogens is 335 g/mol. The largest absolute Gasteiger partial charge is 0.399 e. The van der Waals surface area contributed by atoms with Crippen LogP contribution in [0.25, 0.3) is 38.6 Å². The summed E-state index contributed by atoms with van der Waals surface area (Å²) in [7, 11) is 0. The lowest BCUT2D eigenvalue weighted by molar-refractivity contribution is 0.587. The number of anilines is 1. The lowest BCUT2D eigenvalue weighted by Crippen LogP contribution is -2.00. The molecule has 5 rings (SSSR count). The molecule has 0 amide bonds. The molecule has 0 aliphatic heterocycles. The third kappa shape index (κ3) is 2.63. The molecule has 1 aliphatic rings. The number of nitrogens with two attached hydrogens (primary N) is 1. The van der Waals surface area contributed by atoms with Crippen LogP contribution in [0.2, 0.25) is 0 Å². The molecule has 0 spiro atoms. The molecule has 1 aromatic heterocycles. The summed E-state index contributed by atoms with van der Waals surface area (Å²) in [6, 6.07) is 22.9. The standard InChI is InChI=1S/C24H19FN2/c25-18-8-12-20(13-9-18)27-23-4-2-1-3-21(23)22-15-17(7-14-24(22)27)16-5-10-19(26)11-6-16/h1-8,10-12,14-15H,9,13,26H2. The van der Waals surface area contributed by atoms with Gasteiger partial charge in [0.2, 0.25) is 0 Å². The van der Waals surface area contributed by atoms with Gasteiger partial charge in [0.15, 0.2) is 0 Å².